The molecule has 0 saturated heterocycles. The maximum absolute atomic E-state index is 12.2. The minimum absolute atomic E-state index is 0.0190. The summed E-state index contributed by atoms with van der Waals surface area (Å²) in [5, 5.41) is 3.58. The van der Waals surface area contributed by atoms with Crippen molar-refractivity contribution in [2.75, 3.05) is 7.05 Å². The lowest BCUT2D eigenvalue weighted by atomic mass is 10.1. The number of rotatable bonds is 4. The number of carbonyl (C=O) groups excluding carboxylic acids is 1. The molecule has 0 saturated carbocycles. The number of hydrogen-bond acceptors (Lipinski definition) is 1. The highest BCUT2D eigenvalue weighted by atomic mass is 35.5. The van der Waals surface area contributed by atoms with Crippen molar-refractivity contribution in [3.8, 4) is 0 Å². The monoisotopic (exact) mass is 302 g/mol. The molecule has 0 aliphatic heterocycles. The lowest BCUT2D eigenvalue weighted by Crippen LogP contribution is -2.38. The predicted molar refractivity (Wildman–Crippen MR) is 86.3 cm³/mol. The van der Waals surface area contributed by atoms with Crippen molar-refractivity contribution in [3.05, 3.63) is 70.7 Å². The molecule has 2 aromatic carbocycles. The quantitative estimate of drug-likeness (QED) is 0.900. The number of benzene rings is 2. The fourth-order valence-corrected chi connectivity index (χ4v) is 2.29. The maximum atomic E-state index is 12.2. The molecule has 3 nitrogen and oxygen atoms in total. The van der Waals surface area contributed by atoms with Crippen LogP contribution in [0.1, 0.15) is 24.1 Å². The molecule has 4 heteroatoms. The van der Waals surface area contributed by atoms with Crippen molar-refractivity contribution in [1.82, 2.24) is 10.2 Å². The maximum Gasteiger partial charge on any atom is 0.317 e. The van der Waals surface area contributed by atoms with Crippen LogP contribution in [0.25, 0.3) is 0 Å². The number of nitrogens with one attached hydrogen (secondary N) is 1. The molecular formula is C17H19ClN2O. The van der Waals surface area contributed by atoms with E-state index in [9.17, 15) is 4.79 Å². The van der Waals surface area contributed by atoms with E-state index in [1.165, 1.54) is 0 Å². The number of urea groups is 1. The Morgan fingerprint density at radius 3 is 2.57 bits per heavy atom. The van der Waals surface area contributed by atoms with Crippen LogP contribution < -0.4 is 5.32 Å². The highest BCUT2D eigenvalue weighted by molar-refractivity contribution is 6.30. The van der Waals surface area contributed by atoms with Crippen LogP contribution in [-0.4, -0.2) is 18.0 Å². The lowest BCUT2D eigenvalue weighted by molar-refractivity contribution is 0.194. The molecule has 0 unspecified atom stereocenters. The molecule has 0 bridgehead atoms. The van der Waals surface area contributed by atoms with Gasteiger partial charge in [0.2, 0.25) is 0 Å². The number of hydrogen-bond donors (Lipinski definition) is 1. The van der Waals surface area contributed by atoms with Gasteiger partial charge in [0.25, 0.3) is 0 Å². The number of carbonyl (C=O) groups is 1. The molecule has 0 fully saturated rings. The van der Waals surface area contributed by atoms with Gasteiger partial charge in [0.15, 0.2) is 0 Å². The van der Waals surface area contributed by atoms with Crippen LogP contribution in [0, 0.1) is 0 Å². The van der Waals surface area contributed by atoms with E-state index in [2.05, 4.69) is 5.32 Å². The Balaban J connectivity index is 1.94. The molecule has 21 heavy (non-hydrogen) atoms. The molecule has 0 radical (unpaired) electrons. The van der Waals surface area contributed by atoms with Gasteiger partial charge in [-0.1, -0.05) is 54.1 Å². The minimum atomic E-state index is -0.105. The Bertz CT molecular complexity index is 601. The summed E-state index contributed by atoms with van der Waals surface area (Å²) in [5.74, 6) is 0. The van der Waals surface area contributed by atoms with Gasteiger partial charge in [-0.3, -0.25) is 0 Å². The third-order valence-corrected chi connectivity index (χ3v) is 3.75. The van der Waals surface area contributed by atoms with Crippen molar-refractivity contribution in [2.45, 2.75) is 19.5 Å². The normalized spacial score (nSPS) is 11.8. The molecule has 0 spiro atoms. The van der Waals surface area contributed by atoms with Crippen LogP contribution in [0.3, 0.4) is 0 Å². The van der Waals surface area contributed by atoms with Crippen LogP contribution in [0.2, 0.25) is 5.02 Å². The Morgan fingerprint density at radius 2 is 1.90 bits per heavy atom. The molecule has 0 aliphatic rings. The van der Waals surface area contributed by atoms with Gasteiger partial charge in [-0.05, 0) is 30.2 Å². The van der Waals surface area contributed by atoms with Gasteiger partial charge in [0.05, 0.1) is 6.04 Å². The summed E-state index contributed by atoms with van der Waals surface area (Å²) >= 11 is 5.93. The first-order chi connectivity index (χ1) is 10.1. The highest BCUT2D eigenvalue weighted by Crippen LogP contribution is 2.18. The van der Waals surface area contributed by atoms with E-state index in [1.54, 1.807) is 11.9 Å². The van der Waals surface area contributed by atoms with E-state index >= 15 is 0 Å². The standard InChI is InChI=1S/C17H19ClN2O/c1-13(15-8-4-3-5-9-15)20(2)17(21)19-12-14-7-6-10-16(18)11-14/h3-11,13H,12H2,1-2H3,(H,19,21)/t13-/m0/s1. The first-order valence-corrected chi connectivity index (χ1v) is 7.26. The summed E-state index contributed by atoms with van der Waals surface area (Å²) in [5.41, 5.74) is 2.09. The smallest absolute Gasteiger partial charge is 0.317 e. The first kappa shape index (κ1) is 15.4. The minimum Gasteiger partial charge on any atom is -0.334 e. The zero-order valence-electron chi connectivity index (χ0n) is 12.2. The number of amides is 2. The second-order valence-corrected chi connectivity index (χ2v) is 5.42. The lowest BCUT2D eigenvalue weighted by Gasteiger charge is -2.25. The summed E-state index contributed by atoms with van der Waals surface area (Å²) in [7, 11) is 1.80. The summed E-state index contributed by atoms with van der Waals surface area (Å²) in [4.78, 5) is 13.9. The van der Waals surface area contributed by atoms with Gasteiger partial charge in [-0.15, -0.1) is 0 Å². The predicted octanol–water partition coefficient (Wildman–Crippen LogP) is 4.24. The fraction of sp³-hybridized carbons (Fsp3) is 0.235. The molecule has 0 aliphatic carbocycles. The summed E-state index contributed by atoms with van der Waals surface area (Å²) in [6.45, 7) is 2.47. The third-order valence-electron chi connectivity index (χ3n) is 3.52. The zero-order valence-corrected chi connectivity index (χ0v) is 13.0. The molecule has 2 rings (SSSR count). The Kier molecular flexibility index (Phi) is 5.23. The molecule has 2 amide bonds. The topological polar surface area (TPSA) is 32.3 Å². The Labute approximate surface area is 130 Å². The molecule has 110 valence electrons. The van der Waals surface area contributed by atoms with Crippen LogP contribution in [-0.2, 0) is 6.54 Å². The van der Waals surface area contributed by atoms with E-state index in [1.807, 2.05) is 61.5 Å². The average Bonchev–Trinajstić information content (AvgIpc) is 2.52. The summed E-state index contributed by atoms with van der Waals surface area (Å²) < 4.78 is 0. The van der Waals surface area contributed by atoms with Crippen molar-refractivity contribution in [2.24, 2.45) is 0 Å². The van der Waals surface area contributed by atoms with E-state index in [0.29, 0.717) is 11.6 Å². The molecule has 1 N–H and O–H groups in total. The van der Waals surface area contributed by atoms with E-state index < -0.39 is 0 Å². The SMILES string of the molecule is C[C@@H](c1ccccc1)N(C)C(=O)NCc1cccc(Cl)c1. The van der Waals surface area contributed by atoms with Crippen molar-refractivity contribution in [1.29, 1.82) is 0 Å². The van der Waals surface area contributed by atoms with Crippen molar-refractivity contribution in [3.63, 3.8) is 0 Å². The van der Waals surface area contributed by atoms with Gasteiger partial charge < -0.3 is 10.2 Å². The highest BCUT2D eigenvalue weighted by Gasteiger charge is 2.16. The number of halogens is 1. The van der Waals surface area contributed by atoms with Crippen LogP contribution in [0.4, 0.5) is 4.79 Å². The van der Waals surface area contributed by atoms with Crippen molar-refractivity contribution >= 4 is 17.6 Å². The molecule has 2 aromatic rings. The van der Waals surface area contributed by atoms with E-state index in [-0.39, 0.29) is 12.1 Å². The van der Waals surface area contributed by atoms with Crippen LogP contribution >= 0.6 is 11.6 Å². The van der Waals surface area contributed by atoms with E-state index in [4.69, 9.17) is 11.6 Å². The first-order valence-electron chi connectivity index (χ1n) is 6.88. The van der Waals surface area contributed by atoms with Crippen molar-refractivity contribution < 1.29 is 4.79 Å². The van der Waals surface area contributed by atoms with Crippen LogP contribution in [0.5, 0.6) is 0 Å². The van der Waals surface area contributed by atoms with E-state index in [0.717, 1.165) is 11.1 Å². The molecule has 0 heterocycles. The van der Waals surface area contributed by atoms with Crippen LogP contribution in [0.15, 0.2) is 54.6 Å². The molecule has 0 aromatic heterocycles. The summed E-state index contributed by atoms with van der Waals surface area (Å²) in [6, 6.07) is 17.3. The Morgan fingerprint density at radius 1 is 1.19 bits per heavy atom. The average molecular weight is 303 g/mol. The Hall–Kier alpha value is -2.00. The van der Waals surface area contributed by atoms with Gasteiger partial charge in [-0.25, -0.2) is 4.79 Å². The van der Waals surface area contributed by atoms with Gasteiger partial charge in [0, 0.05) is 18.6 Å². The third kappa shape index (κ3) is 4.23. The largest absolute Gasteiger partial charge is 0.334 e. The molecule has 1 atom stereocenters. The van der Waals surface area contributed by atoms with Gasteiger partial charge >= 0.3 is 6.03 Å². The van der Waals surface area contributed by atoms with Gasteiger partial charge in [-0.2, -0.15) is 0 Å². The van der Waals surface area contributed by atoms with Gasteiger partial charge in [0.1, 0.15) is 0 Å². The zero-order chi connectivity index (χ0) is 15.2. The number of nitrogens with zero attached hydrogens (tertiary/aromatic N) is 1. The molecular weight excluding hydrogens is 284 g/mol. The summed E-state index contributed by atoms with van der Waals surface area (Å²) in [6.07, 6.45) is 0. The second kappa shape index (κ2) is 7.14. The fourth-order valence-electron chi connectivity index (χ4n) is 2.08. The second-order valence-electron chi connectivity index (χ2n) is 4.99.